The van der Waals surface area contributed by atoms with E-state index in [1.165, 1.54) is 10.8 Å². The van der Waals surface area contributed by atoms with Gasteiger partial charge < -0.3 is 9.84 Å². The molecule has 6 nitrogen and oxygen atoms in total. The summed E-state index contributed by atoms with van der Waals surface area (Å²) in [7, 11) is 0. The van der Waals surface area contributed by atoms with E-state index in [4.69, 9.17) is 9.84 Å². The van der Waals surface area contributed by atoms with Crippen molar-refractivity contribution in [2.75, 3.05) is 6.61 Å². The predicted octanol–water partition coefficient (Wildman–Crippen LogP) is 2.36. The summed E-state index contributed by atoms with van der Waals surface area (Å²) in [6, 6.07) is 5.09. The number of ether oxygens (including phenoxy) is 1. The number of carbonyl (C=O) groups is 3. The van der Waals surface area contributed by atoms with Crippen LogP contribution >= 0.6 is 0 Å². The summed E-state index contributed by atoms with van der Waals surface area (Å²) in [6.45, 7) is 2.35. The van der Waals surface area contributed by atoms with E-state index in [1.807, 2.05) is 6.92 Å². The molecule has 1 aromatic carbocycles. The molecule has 0 fully saturated rings. The summed E-state index contributed by atoms with van der Waals surface area (Å²) in [5.41, 5.74) is 0.936. The second-order valence-corrected chi connectivity index (χ2v) is 4.47. The normalized spacial score (nSPS) is 10.5. The highest BCUT2D eigenvalue weighted by Crippen LogP contribution is 2.25. The second kappa shape index (κ2) is 6.21. The molecule has 0 amide bonds. The van der Waals surface area contributed by atoms with Crippen LogP contribution in [0.1, 0.15) is 34.9 Å². The van der Waals surface area contributed by atoms with Crippen LogP contribution in [0.3, 0.4) is 0 Å². The first kappa shape index (κ1) is 14.8. The Kier molecular flexibility index (Phi) is 4.37. The summed E-state index contributed by atoms with van der Waals surface area (Å²) in [5, 5.41) is 9.25. The fourth-order valence-electron chi connectivity index (χ4n) is 2.13. The Labute approximate surface area is 120 Å². The van der Waals surface area contributed by atoms with Crippen molar-refractivity contribution in [3.8, 4) is 5.75 Å². The number of hydrogen-bond donors (Lipinski definition) is 1. The van der Waals surface area contributed by atoms with E-state index in [0.717, 1.165) is 0 Å². The van der Waals surface area contributed by atoms with Crippen LogP contribution in [-0.2, 0) is 4.79 Å². The Balaban J connectivity index is 2.43. The van der Waals surface area contributed by atoms with E-state index in [-0.39, 0.29) is 18.7 Å². The number of aromatic nitrogens is 1. The molecule has 2 aromatic rings. The summed E-state index contributed by atoms with van der Waals surface area (Å²) in [5.74, 6) is -0.780. The molecule has 0 aliphatic rings. The Morgan fingerprint density at radius 3 is 2.71 bits per heavy atom. The third-order valence-electron chi connectivity index (χ3n) is 3.07. The number of benzene rings is 1. The van der Waals surface area contributed by atoms with Crippen LogP contribution in [0.15, 0.2) is 24.4 Å². The van der Waals surface area contributed by atoms with E-state index >= 15 is 0 Å². The van der Waals surface area contributed by atoms with Crippen LogP contribution in [0, 0.1) is 0 Å². The van der Waals surface area contributed by atoms with Gasteiger partial charge in [-0.05, 0) is 25.1 Å². The van der Waals surface area contributed by atoms with E-state index in [1.54, 1.807) is 18.2 Å². The van der Waals surface area contributed by atoms with E-state index < -0.39 is 5.97 Å². The molecule has 1 aromatic heterocycles. The Morgan fingerprint density at radius 2 is 2.10 bits per heavy atom. The fourth-order valence-corrected chi connectivity index (χ4v) is 2.13. The van der Waals surface area contributed by atoms with Crippen molar-refractivity contribution < 1.29 is 24.2 Å². The van der Waals surface area contributed by atoms with Crippen LogP contribution < -0.4 is 4.74 Å². The molecule has 0 spiro atoms. The zero-order valence-corrected chi connectivity index (χ0v) is 11.5. The lowest BCUT2D eigenvalue weighted by Gasteiger charge is -2.05. The molecule has 110 valence electrons. The summed E-state index contributed by atoms with van der Waals surface area (Å²) in [4.78, 5) is 33.7. The van der Waals surface area contributed by atoms with Crippen LogP contribution in [0.5, 0.6) is 5.75 Å². The summed E-state index contributed by atoms with van der Waals surface area (Å²) < 4.78 is 6.69. The molecular weight excluding hydrogens is 274 g/mol. The van der Waals surface area contributed by atoms with Crippen molar-refractivity contribution in [2.24, 2.45) is 0 Å². The Morgan fingerprint density at radius 1 is 1.33 bits per heavy atom. The topological polar surface area (TPSA) is 85.6 Å². The largest absolute Gasteiger partial charge is 0.494 e. The molecule has 0 saturated carbocycles. The highest BCUT2D eigenvalue weighted by molar-refractivity contribution is 6.03. The zero-order valence-electron chi connectivity index (χ0n) is 11.5. The van der Waals surface area contributed by atoms with E-state index in [9.17, 15) is 14.4 Å². The first-order valence-corrected chi connectivity index (χ1v) is 6.55. The Hall–Kier alpha value is -2.63. The van der Waals surface area contributed by atoms with Crippen LogP contribution in [0.25, 0.3) is 10.9 Å². The molecule has 0 aliphatic heterocycles. The van der Waals surface area contributed by atoms with Gasteiger partial charge in [0.15, 0.2) is 6.29 Å². The van der Waals surface area contributed by atoms with Gasteiger partial charge in [-0.2, -0.15) is 0 Å². The van der Waals surface area contributed by atoms with Gasteiger partial charge in [-0.15, -0.1) is 0 Å². The molecule has 1 heterocycles. The van der Waals surface area contributed by atoms with Gasteiger partial charge >= 0.3 is 5.97 Å². The van der Waals surface area contributed by atoms with Crippen molar-refractivity contribution >= 4 is 29.1 Å². The lowest BCUT2D eigenvalue weighted by Crippen LogP contribution is -2.11. The predicted molar refractivity (Wildman–Crippen MR) is 76.0 cm³/mol. The second-order valence-electron chi connectivity index (χ2n) is 4.47. The average molecular weight is 289 g/mol. The molecule has 0 saturated heterocycles. The number of carbonyl (C=O) groups excluding carboxylic acids is 2. The number of fused-ring (bicyclic) bond motifs is 1. The minimum atomic E-state index is -1.03. The maximum Gasteiger partial charge on any atom is 0.303 e. The number of aliphatic carboxylic acids is 1. The molecule has 0 unspecified atom stereocenters. The molecule has 0 atom stereocenters. The zero-order chi connectivity index (χ0) is 15.4. The van der Waals surface area contributed by atoms with Gasteiger partial charge in [-0.3, -0.25) is 19.0 Å². The smallest absolute Gasteiger partial charge is 0.303 e. The molecule has 0 bridgehead atoms. The third kappa shape index (κ3) is 3.10. The van der Waals surface area contributed by atoms with Gasteiger partial charge in [0.1, 0.15) is 5.75 Å². The van der Waals surface area contributed by atoms with Crippen molar-refractivity contribution in [3.05, 3.63) is 30.0 Å². The lowest BCUT2D eigenvalue weighted by atomic mass is 10.2. The van der Waals surface area contributed by atoms with Gasteiger partial charge in [-0.1, -0.05) is 0 Å². The van der Waals surface area contributed by atoms with Gasteiger partial charge in [-0.25, -0.2) is 0 Å². The molecule has 21 heavy (non-hydrogen) atoms. The van der Waals surface area contributed by atoms with Crippen molar-refractivity contribution in [2.45, 2.75) is 19.8 Å². The van der Waals surface area contributed by atoms with Crippen molar-refractivity contribution in [1.82, 2.24) is 4.57 Å². The van der Waals surface area contributed by atoms with Gasteiger partial charge in [0.25, 0.3) is 0 Å². The van der Waals surface area contributed by atoms with E-state index in [2.05, 4.69) is 0 Å². The number of carboxylic acids is 1. The van der Waals surface area contributed by atoms with Gasteiger partial charge in [0.05, 0.1) is 18.5 Å². The minimum Gasteiger partial charge on any atom is -0.494 e. The van der Waals surface area contributed by atoms with E-state index in [0.29, 0.717) is 35.1 Å². The van der Waals surface area contributed by atoms with Crippen LogP contribution in [-0.4, -0.2) is 34.4 Å². The summed E-state index contributed by atoms with van der Waals surface area (Å²) in [6.07, 6.45) is 1.73. The van der Waals surface area contributed by atoms with Gasteiger partial charge in [0.2, 0.25) is 5.91 Å². The van der Waals surface area contributed by atoms with Gasteiger partial charge in [0, 0.05) is 23.6 Å². The Bertz CT molecular complexity index is 701. The molecule has 0 aliphatic carbocycles. The molecule has 0 radical (unpaired) electrons. The SMILES string of the molecule is CCOc1ccc2c(c1)c(C=O)cn2C(=O)CCC(=O)O. The van der Waals surface area contributed by atoms with Crippen molar-refractivity contribution in [3.63, 3.8) is 0 Å². The number of rotatable bonds is 6. The highest BCUT2D eigenvalue weighted by atomic mass is 16.5. The maximum absolute atomic E-state index is 12.1. The minimum absolute atomic E-state index is 0.120. The molecule has 2 rings (SSSR count). The number of carboxylic acid groups (broad SMARTS) is 1. The lowest BCUT2D eigenvalue weighted by molar-refractivity contribution is -0.137. The third-order valence-corrected chi connectivity index (χ3v) is 3.07. The molecule has 1 N–H and O–H groups in total. The van der Waals surface area contributed by atoms with Crippen LogP contribution in [0.4, 0.5) is 0 Å². The number of hydrogen-bond acceptors (Lipinski definition) is 4. The highest BCUT2D eigenvalue weighted by Gasteiger charge is 2.15. The quantitative estimate of drug-likeness (QED) is 0.825. The standard InChI is InChI=1S/C15H15NO5/c1-2-21-11-3-4-13-12(7-11)10(9-17)8-16(13)14(18)5-6-15(19)20/h3-4,7-9H,2,5-6H2,1H3,(H,19,20). The number of nitrogens with zero attached hydrogens (tertiary/aromatic N) is 1. The van der Waals surface area contributed by atoms with Crippen molar-refractivity contribution in [1.29, 1.82) is 0 Å². The maximum atomic E-state index is 12.1. The fraction of sp³-hybridized carbons (Fsp3) is 0.267. The molecule has 6 heteroatoms. The average Bonchev–Trinajstić information content (AvgIpc) is 2.83. The summed E-state index contributed by atoms with van der Waals surface area (Å²) >= 11 is 0. The number of aldehydes is 1. The first-order valence-electron chi connectivity index (χ1n) is 6.55. The first-order chi connectivity index (χ1) is 10.1. The van der Waals surface area contributed by atoms with Crippen LogP contribution in [0.2, 0.25) is 0 Å². The monoisotopic (exact) mass is 289 g/mol. The molecular formula is C15H15NO5.